The SMILES string of the molecule is CC(NC(=NCC(=O)N(C)C)NCC1CCOC1)c1cccc2ccccc12.I. The first-order chi connectivity index (χ1) is 13.5. The van der Waals surface area contributed by atoms with Gasteiger partial charge in [-0.2, -0.15) is 0 Å². The highest BCUT2D eigenvalue weighted by atomic mass is 127. The average molecular weight is 510 g/mol. The first-order valence-corrected chi connectivity index (χ1v) is 9.85. The fourth-order valence-corrected chi connectivity index (χ4v) is 3.34. The zero-order valence-corrected chi connectivity index (χ0v) is 19.7. The van der Waals surface area contributed by atoms with E-state index in [2.05, 4.69) is 65.0 Å². The predicted octanol–water partition coefficient (Wildman–Crippen LogP) is 3.18. The molecule has 2 aromatic carbocycles. The van der Waals surface area contributed by atoms with E-state index in [1.807, 2.05) is 0 Å². The molecule has 2 atom stereocenters. The summed E-state index contributed by atoms with van der Waals surface area (Å²) in [5, 5.41) is 9.30. The molecule has 2 aromatic rings. The molecule has 0 spiro atoms. The van der Waals surface area contributed by atoms with Crippen molar-refractivity contribution >= 4 is 46.6 Å². The zero-order valence-electron chi connectivity index (χ0n) is 17.4. The van der Waals surface area contributed by atoms with E-state index >= 15 is 0 Å². The molecular weight excluding hydrogens is 479 g/mol. The molecule has 29 heavy (non-hydrogen) atoms. The molecule has 0 bridgehead atoms. The predicted molar refractivity (Wildman–Crippen MR) is 129 cm³/mol. The number of amides is 1. The Morgan fingerprint density at radius 2 is 2.00 bits per heavy atom. The summed E-state index contributed by atoms with van der Waals surface area (Å²) in [5.74, 6) is 1.11. The molecular formula is C22H31IN4O2. The van der Waals surface area contributed by atoms with Gasteiger partial charge in [-0.1, -0.05) is 42.5 Å². The van der Waals surface area contributed by atoms with Crippen molar-refractivity contribution in [3.05, 3.63) is 48.0 Å². The maximum absolute atomic E-state index is 12.0. The van der Waals surface area contributed by atoms with E-state index in [1.54, 1.807) is 19.0 Å². The molecule has 0 aliphatic carbocycles. The van der Waals surface area contributed by atoms with Crippen LogP contribution < -0.4 is 10.6 Å². The van der Waals surface area contributed by atoms with Crippen LogP contribution in [0.15, 0.2) is 47.5 Å². The topological polar surface area (TPSA) is 66.0 Å². The van der Waals surface area contributed by atoms with Crippen LogP contribution in [0.3, 0.4) is 0 Å². The Balaban J connectivity index is 0.00000300. The largest absolute Gasteiger partial charge is 0.381 e. The van der Waals surface area contributed by atoms with Crippen molar-refractivity contribution in [2.45, 2.75) is 19.4 Å². The van der Waals surface area contributed by atoms with E-state index in [4.69, 9.17) is 4.74 Å². The fourth-order valence-electron chi connectivity index (χ4n) is 3.34. The Bertz CT molecular complexity index is 829. The minimum Gasteiger partial charge on any atom is -0.381 e. The minimum atomic E-state index is -0.0249. The number of hydrogen-bond donors (Lipinski definition) is 2. The zero-order chi connectivity index (χ0) is 19.9. The number of likely N-dealkylation sites (N-methyl/N-ethyl adjacent to an activating group) is 1. The highest BCUT2D eigenvalue weighted by molar-refractivity contribution is 14.0. The van der Waals surface area contributed by atoms with Crippen molar-refractivity contribution < 1.29 is 9.53 Å². The van der Waals surface area contributed by atoms with Crippen LogP contribution in [-0.4, -0.2) is 57.2 Å². The Hall–Kier alpha value is -1.87. The molecule has 158 valence electrons. The molecule has 3 rings (SSSR count). The van der Waals surface area contributed by atoms with Crippen LogP contribution in [0.1, 0.15) is 24.9 Å². The number of hydrogen-bond acceptors (Lipinski definition) is 3. The van der Waals surface area contributed by atoms with Gasteiger partial charge in [-0.3, -0.25) is 4.79 Å². The van der Waals surface area contributed by atoms with Gasteiger partial charge >= 0.3 is 0 Å². The van der Waals surface area contributed by atoms with Crippen molar-refractivity contribution in [2.75, 3.05) is 40.4 Å². The summed E-state index contributed by atoms with van der Waals surface area (Å²) in [4.78, 5) is 18.1. The van der Waals surface area contributed by atoms with Crippen molar-refractivity contribution in [1.82, 2.24) is 15.5 Å². The fraction of sp³-hybridized carbons (Fsp3) is 0.455. The molecule has 0 saturated carbocycles. The van der Waals surface area contributed by atoms with Crippen molar-refractivity contribution in [3.8, 4) is 0 Å². The van der Waals surface area contributed by atoms with E-state index in [1.165, 1.54) is 16.3 Å². The van der Waals surface area contributed by atoms with Crippen LogP contribution in [0, 0.1) is 5.92 Å². The van der Waals surface area contributed by atoms with Gasteiger partial charge in [-0.15, -0.1) is 24.0 Å². The van der Waals surface area contributed by atoms with E-state index < -0.39 is 0 Å². The smallest absolute Gasteiger partial charge is 0.243 e. The maximum atomic E-state index is 12.0. The minimum absolute atomic E-state index is 0. The van der Waals surface area contributed by atoms with E-state index in [0.29, 0.717) is 11.9 Å². The van der Waals surface area contributed by atoms with Crippen LogP contribution in [0.2, 0.25) is 0 Å². The molecule has 7 heteroatoms. The van der Waals surface area contributed by atoms with Gasteiger partial charge in [0.1, 0.15) is 6.54 Å². The van der Waals surface area contributed by atoms with Gasteiger partial charge in [-0.25, -0.2) is 4.99 Å². The molecule has 1 fully saturated rings. The second kappa shape index (κ2) is 11.3. The van der Waals surface area contributed by atoms with Gasteiger partial charge in [0.25, 0.3) is 0 Å². The lowest BCUT2D eigenvalue weighted by atomic mass is 10.00. The normalized spacial score (nSPS) is 17.5. The van der Waals surface area contributed by atoms with Crippen LogP contribution >= 0.6 is 24.0 Å². The summed E-state index contributed by atoms with van der Waals surface area (Å²) in [5.41, 5.74) is 1.20. The number of aliphatic imine (C=N–C) groups is 1. The second-order valence-corrected chi connectivity index (χ2v) is 7.50. The van der Waals surface area contributed by atoms with Crippen LogP contribution in [0.5, 0.6) is 0 Å². The molecule has 2 N–H and O–H groups in total. The molecule has 0 aromatic heterocycles. The Labute approximate surface area is 190 Å². The number of carbonyl (C=O) groups is 1. The lowest BCUT2D eigenvalue weighted by Crippen LogP contribution is -2.42. The highest BCUT2D eigenvalue weighted by Crippen LogP contribution is 2.24. The number of benzene rings is 2. The molecule has 6 nitrogen and oxygen atoms in total. The molecule has 1 heterocycles. The number of nitrogens with one attached hydrogen (secondary N) is 2. The molecule has 1 amide bonds. The second-order valence-electron chi connectivity index (χ2n) is 7.50. The first kappa shape index (κ1) is 23.4. The maximum Gasteiger partial charge on any atom is 0.243 e. The van der Waals surface area contributed by atoms with Crippen molar-refractivity contribution in [3.63, 3.8) is 0 Å². The molecule has 1 aliphatic heterocycles. The summed E-state index contributed by atoms with van der Waals surface area (Å²) in [6, 6.07) is 14.7. The summed E-state index contributed by atoms with van der Waals surface area (Å²) in [6.45, 7) is 4.61. The summed E-state index contributed by atoms with van der Waals surface area (Å²) < 4.78 is 5.46. The van der Waals surface area contributed by atoms with E-state index in [9.17, 15) is 4.79 Å². The van der Waals surface area contributed by atoms with Crippen LogP contribution in [0.4, 0.5) is 0 Å². The Morgan fingerprint density at radius 1 is 1.24 bits per heavy atom. The number of carbonyl (C=O) groups excluding carboxylic acids is 1. The first-order valence-electron chi connectivity index (χ1n) is 9.85. The Kier molecular flexibility index (Phi) is 9.16. The van der Waals surface area contributed by atoms with Gasteiger partial charge in [0.05, 0.1) is 12.6 Å². The standard InChI is InChI=1S/C22H30N4O2.HI/c1-16(19-10-6-8-18-7-4-5-9-20(18)19)25-22(24-14-21(27)26(2)3)23-13-17-11-12-28-15-17;/h4-10,16-17H,11-15H2,1-3H3,(H2,23,24,25);1H. The number of fused-ring (bicyclic) bond motifs is 1. The number of halogens is 1. The van der Waals surface area contributed by atoms with Gasteiger partial charge in [0, 0.05) is 33.2 Å². The van der Waals surface area contributed by atoms with E-state index in [-0.39, 0.29) is 42.5 Å². The average Bonchev–Trinajstić information content (AvgIpc) is 3.22. The number of nitrogens with zero attached hydrogens (tertiary/aromatic N) is 2. The lowest BCUT2D eigenvalue weighted by Gasteiger charge is -2.21. The lowest BCUT2D eigenvalue weighted by molar-refractivity contribution is -0.127. The highest BCUT2D eigenvalue weighted by Gasteiger charge is 2.17. The van der Waals surface area contributed by atoms with Gasteiger partial charge in [0.2, 0.25) is 5.91 Å². The number of guanidine groups is 1. The molecule has 0 radical (unpaired) electrons. The summed E-state index contributed by atoms with van der Waals surface area (Å²) in [6.07, 6.45) is 1.05. The molecule has 1 aliphatic rings. The Morgan fingerprint density at radius 3 is 2.72 bits per heavy atom. The quantitative estimate of drug-likeness (QED) is 0.356. The number of ether oxygens (including phenoxy) is 1. The van der Waals surface area contributed by atoms with E-state index in [0.717, 1.165) is 26.2 Å². The summed E-state index contributed by atoms with van der Waals surface area (Å²) in [7, 11) is 3.49. The third kappa shape index (κ3) is 6.57. The number of rotatable bonds is 6. The van der Waals surface area contributed by atoms with Crippen LogP contribution in [0.25, 0.3) is 10.8 Å². The summed E-state index contributed by atoms with van der Waals surface area (Å²) >= 11 is 0. The van der Waals surface area contributed by atoms with Crippen LogP contribution in [-0.2, 0) is 9.53 Å². The van der Waals surface area contributed by atoms with Crippen molar-refractivity contribution in [2.24, 2.45) is 10.9 Å². The van der Waals surface area contributed by atoms with Gasteiger partial charge in [0.15, 0.2) is 5.96 Å². The molecule has 2 unspecified atom stereocenters. The third-order valence-electron chi connectivity index (χ3n) is 5.10. The monoisotopic (exact) mass is 510 g/mol. The van der Waals surface area contributed by atoms with Crippen molar-refractivity contribution in [1.29, 1.82) is 0 Å². The van der Waals surface area contributed by atoms with Gasteiger partial charge in [-0.05, 0) is 29.7 Å². The third-order valence-corrected chi connectivity index (χ3v) is 5.10. The van der Waals surface area contributed by atoms with Gasteiger partial charge < -0.3 is 20.3 Å². The molecule has 1 saturated heterocycles.